The van der Waals surface area contributed by atoms with Crippen LogP contribution in [0.15, 0.2) is 12.1 Å². The van der Waals surface area contributed by atoms with Crippen molar-refractivity contribution in [1.82, 2.24) is 0 Å². The highest BCUT2D eigenvalue weighted by molar-refractivity contribution is 5.73. The summed E-state index contributed by atoms with van der Waals surface area (Å²) in [5, 5.41) is 0. The van der Waals surface area contributed by atoms with Gasteiger partial charge in [-0.3, -0.25) is 4.79 Å². The normalized spacial score (nSPS) is 19.7. The van der Waals surface area contributed by atoms with Crippen molar-refractivity contribution >= 4 is 11.7 Å². The Labute approximate surface area is 139 Å². The first-order valence-electron chi connectivity index (χ1n) is 8.19. The Bertz CT molecular complexity index is 607. The van der Waals surface area contributed by atoms with Gasteiger partial charge in [0.2, 0.25) is 0 Å². The van der Waals surface area contributed by atoms with Crippen LogP contribution >= 0.6 is 0 Å². The van der Waals surface area contributed by atoms with Crippen LogP contribution in [-0.2, 0) is 25.4 Å². The maximum Gasteiger partial charge on any atom is 0.310 e. The molecule has 2 fully saturated rings. The van der Waals surface area contributed by atoms with E-state index in [1.807, 2.05) is 0 Å². The molecule has 0 N–H and O–H groups in total. The van der Waals surface area contributed by atoms with Crippen LogP contribution < -0.4 is 4.90 Å². The molecule has 1 aromatic rings. The van der Waals surface area contributed by atoms with Crippen molar-refractivity contribution in [3.05, 3.63) is 29.3 Å². The third-order valence-electron chi connectivity index (χ3n) is 4.44. The van der Waals surface area contributed by atoms with Crippen LogP contribution in [-0.4, -0.2) is 44.7 Å². The molecular weight excluding hydrogens is 320 g/mol. The Morgan fingerprint density at radius 3 is 2.50 bits per heavy atom. The fraction of sp³-hybridized carbons (Fsp3) is 0.588. The quantitative estimate of drug-likeness (QED) is 0.787. The summed E-state index contributed by atoms with van der Waals surface area (Å²) in [6.07, 6.45) is 0.943. The largest absolute Gasteiger partial charge is 0.466 e. The number of ether oxygens (including phenoxy) is 3. The number of nitrogens with zero attached hydrogens (tertiary/aromatic N) is 1. The number of carbonyl (C=O) groups excluding carboxylic acids is 1. The van der Waals surface area contributed by atoms with Gasteiger partial charge in [-0.05, 0) is 13.0 Å². The lowest BCUT2D eigenvalue weighted by Gasteiger charge is -2.38. The zero-order valence-electron chi connectivity index (χ0n) is 13.6. The highest BCUT2D eigenvalue weighted by Crippen LogP contribution is 2.34. The van der Waals surface area contributed by atoms with E-state index in [-0.39, 0.29) is 24.3 Å². The summed E-state index contributed by atoms with van der Waals surface area (Å²) in [6, 6.07) is 2.23. The van der Waals surface area contributed by atoms with Crippen LogP contribution in [0.25, 0.3) is 0 Å². The Morgan fingerprint density at radius 1 is 1.21 bits per heavy atom. The lowest BCUT2D eigenvalue weighted by molar-refractivity contribution is -0.169. The molecule has 0 saturated carbocycles. The lowest BCUT2D eigenvalue weighted by atomic mass is 10.0. The van der Waals surface area contributed by atoms with Gasteiger partial charge in [-0.2, -0.15) is 0 Å². The van der Waals surface area contributed by atoms with Gasteiger partial charge in [0.1, 0.15) is 11.6 Å². The van der Waals surface area contributed by atoms with Crippen molar-refractivity contribution in [1.29, 1.82) is 0 Å². The Balaban J connectivity index is 1.70. The molecule has 0 bridgehead atoms. The van der Waals surface area contributed by atoms with Crippen LogP contribution in [0.3, 0.4) is 0 Å². The molecule has 2 saturated heterocycles. The minimum Gasteiger partial charge on any atom is -0.466 e. The highest BCUT2D eigenvalue weighted by atomic mass is 19.1. The number of anilines is 1. The maximum atomic E-state index is 14.4. The Morgan fingerprint density at radius 2 is 1.88 bits per heavy atom. The molecule has 0 aromatic heterocycles. The minimum atomic E-state index is -0.604. The summed E-state index contributed by atoms with van der Waals surface area (Å²) in [6.45, 7) is 4.07. The molecule has 0 amide bonds. The van der Waals surface area contributed by atoms with E-state index in [1.54, 1.807) is 11.8 Å². The zero-order chi connectivity index (χ0) is 17.2. The van der Waals surface area contributed by atoms with E-state index < -0.39 is 23.4 Å². The molecule has 0 atom stereocenters. The molecule has 3 rings (SSSR count). The average molecular weight is 341 g/mol. The van der Waals surface area contributed by atoms with Gasteiger partial charge >= 0.3 is 5.97 Å². The first-order chi connectivity index (χ1) is 11.5. The third kappa shape index (κ3) is 3.52. The lowest BCUT2D eigenvalue weighted by Crippen LogP contribution is -2.45. The molecule has 7 heteroatoms. The van der Waals surface area contributed by atoms with E-state index in [0.29, 0.717) is 39.1 Å². The fourth-order valence-electron chi connectivity index (χ4n) is 3.20. The van der Waals surface area contributed by atoms with Crippen LogP contribution in [0.4, 0.5) is 14.5 Å². The predicted octanol–water partition coefficient (Wildman–Crippen LogP) is 2.41. The van der Waals surface area contributed by atoms with E-state index in [4.69, 9.17) is 14.2 Å². The summed E-state index contributed by atoms with van der Waals surface area (Å²) in [7, 11) is 0. The molecule has 2 heterocycles. The third-order valence-corrected chi connectivity index (χ3v) is 4.44. The summed E-state index contributed by atoms with van der Waals surface area (Å²) < 4.78 is 44.7. The minimum absolute atomic E-state index is 0.00522. The van der Waals surface area contributed by atoms with E-state index in [1.165, 1.54) is 0 Å². The fourth-order valence-corrected chi connectivity index (χ4v) is 3.20. The Kier molecular flexibility index (Phi) is 5.01. The van der Waals surface area contributed by atoms with E-state index in [0.717, 1.165) is 12.1 Å². The maximum absolute atomic E-state index is 14.4. The number of benzene rings is 1. The van der Waals surface area contributed by atoms with Crippen molar-refractivity contribution < 1.29 is 27.8 Å². The number of hydrogen-bond donors (Lipinski definition) is 0. The smallest absolute Gasteiger partial charge is 0.310 e. The molecule has 2 aliphatic rings. The second-order valence-electron chi connectivity index (χ2n) is 5.97. The number of carbonyl (C=O) groups is 1. The second kappa shape index (κ2) is 7.03. The summed E-state index contributed by atoms with van der Waals surface area (Å²) in [4.78, 5) is 13.2. The summed E-state index contributed by atoms with van der Waals surface area (Å²) >= 11 is 0. The SMILES string of the molecule is CCOC(=O)Cc1cc(F)c(N2CCC3(CC2)OCCO3)cc1F. The van der Waals surface area contributed by atoms with Gasteiger partial charge in [0.15, 0.2) is 5.79 Å². The second-order valence-corrected chi connectivity index (χ2v) is 5.97. The van der Waals surface area contributed by atoms with Gasteiger partial charge < -0.3 is 19.1 Å². The van der Waals surface area contributed by atoms with Gasteiger partial charge in [0.05, 0.1) is 31.9 Å². The highest BCUT2D eigenvalue weighted by Gasteiger charge is 2.40. The number of halogens is 2. The molecule has 132 valence electrons. The first-order valence-corrected chi connectivity index (χ1v) is 8.19. The molecule has 2 aliphatic heterocycles. The number of esters is 1. The van der Waals surface area contributed by atoms with Gasteiger partial charge in [-0.15, -0.1) is 0 Å². The molecule has 24 heavy (non-hydrogen) atoms. The molecular formula is C17H21F2NO4. The summed E-state index contributed by atoms with van der Waals surface area (Å²) in [5.74, 6) is -2.28. The summed E-state index contributed by atoms with van der Waals surface area (Å²) in [5.41, 5.74) is 0.207. The Hall–Kier alpha value is -1.73. The van der Waals surface area contributed by atoms with Crippen molar-refractivity contribution in [2.45, 2.75) is 32.0 Å². The first kappa shape index (κ1) is 17.1. The van der Waals surface area contributed by atoms with E-state index >= 15 is 0 Å². The van der Waals surface area contributed by atoms with Crippen molar-refractivity contribution in [3.63, 3.8) is 0 Å². The number of piperidine rings is 1. The van der Waals surface area contributed by atoms with Crippen molar-refractivity contribution in [2.75, 3.05) is 37.8 Å². The van der Waals surface area contributed by atoms with Gasteiger partial charge in [-0.25, -0.2) is 8.78 Å². The molecule has 0 unspecified atom stereocenters. The van der Waals surface area contributed by atoms with Crippen molar-refractivity contribution in [2.24, 2.45) is 0 Å². The molecule has 0 aliphatic carbocycles. The average Bonchev–Trinajstić information content (AvgIpc) is 3.00. The predicted molar refractivity (Wildman–Crippen MR) is 82.8 cm³/mol. The molecule has 1 aromatic carbocycles. The van der Waals surface area contributed by atoms with Crippen LogP contribution in [0.5, 0.6) is 0 Å². The van der Waals surface area contributed by atoms with Crippen LogP contribution in [0, 0.1) is 11.6 Å². The van der Waals surface area contributed by atoms with E-state index in [2.05, 4.69) is 0 Å². The van der Waals surface area contributed by atoms with Crippen molar-refractivity contribution in [3.8, 4) is 0 Å². The topological polar surface area (TPSA) is 48.0 Å². The number of rotatable bonds is 4. The standard InChI is InChI=1S/C17H21F2NO4/c1-2-22-16(21)10-12-9-14(19)15(11-13(12)18)20-5-3-17(4-6-20)23-7-8-24-17/h9,11H,2-8,10H2,1H3. The van der Waals surface area contributed by atoms with Gasteiger partial charge in [-0.1, -0.05) is 0 Å². The van der Waals surface area contributed by atoms with Crippen LogP contribution in [0.2, 0.25) is 0 Å². The number of hydrogen-bond acceptors (Lipinski definition) is 5. The van der Waals surface area contributed by atoms with E-state index in [9.17, 15) is 13.6 Å². The molecule has 1 spiro atoms. The van der Waals surface area contributed by atoms with Gasteiger partial charge in [0, 0.05) is 37.6 Å². The molecule has 0 radical (unpaired) electrons. The van der Waals surface area contributed by atoms with Gasteiger partial charge in [0.25, 0.3) is 0 Å². The molecule has 5 nitrogen and oxygen atoms in total. The monoisotopic (exact) mass is 341 g/mol. The van der Waals surface area contributed by atoms with Crippen LogP contribution in [0.1, 0.15) is 25.3 Å². The zero-order valence-corrected chi connectivity index (χ0v) is 13.6.